The lowest BCUT2D eigenvalue weighted by Crippen LogP contribution is -2.21. The van der Waals surface area contributed by atoms with E-state index in [4.69, 9.17) is 0 Å². The number of H-pyrrole nitrogens is 1. The van der Waals surface area contributed by atoms with Crippen molar-refractivity contribution in [3.05, 3.63) is 58.5 Å². The van der Waals surface area contributed by atoms with Crippen molar-refractivity contribution in [1.82, 2.24) is 9.88 Å². The average Bonchev–Trinajstić information content (AvgIpc) is 2.38. The van der Waals surface area contributed by atoms with E-state index in [9.17, 15) is 13.2 Å². The Morgan fingerprint density at radius 3 is 2.67 bits per heavy atom. The van der Waals surface area contributed by atoms with Crippen LogP contribution in [0, 0.1) is 0 Å². The van der Waals surface area contributed by atoms with Crippen molar-refractivity contribution in [2.24, 2.45) is 0 Å². The summed E-state index contributed by atoms with van der Waals surface area (Å²) in [5.41, 5.74) is 0.852. The molecular formula is C14H17N3O3S. The van der Waals surface area contributed by atoms with Gasteiger partial charge in [0.05, 0.1) is 0 Å². The van der Waals surface area contributed by atoms with Crippen LogP contribution in [-0.2, 0) is 16.6 Å². The van der Waals surface area contributed by atoms with Gasteiger partial charge < -0.3 is 9.88 Å². The molecule has 1 heterocycles. The van der Waals surface area contributed by atoms with Crippen molar-refractivity contribution in [3.8, 4) is 0 Å². The van der Waals surface area contributed by atoms with Gasteiger partial charge in [0.1, 0.15) is 0 Å². The maximum atomic E-state index is 12.2. The third kappa shape index (κ3) is 3.93. The highest BCUT2D eigenvalue weighted by Gasteiger charge is 2.17. The van der Waals surface area contributed by atoms with Gasteiger partial charge in [-0.05, 0) is 31.8 Å². The zero-order chi connectivity index (χ0) is 15.5. The molecule has 1 aromatic heterocycles. The number of nitrogens with zero attached hydrogens (tertiary/aromatic N) is 1. The van der Waals surface area contributed by atoms with Gasteiger partial charge in [0.2, 0.25) is 5.43 Å². The van der Waals surface area contributed by atoms with Crippen LogP contribution < -0.4 is 10.2 Å². The van der Waals surface area contributed by atoms with E-state index in [1.54, 1.807) is 18.2 Å². The summed E-state index contributed by atoms with van der Waals surface area (Å²) in [6.07, 6.45) is 2.56. The first-order valence-electron chi connectivity index (χ1n) is 6.32. The number of aromatic nitrogens is 1. The number of rotatable bonds is 5. The minimum absolute atomic E-state index is 0.303. The Morgan fingerprint density at radius 2 is 2.00 bits per heavy atom. The molecule has 0 fully saturated rings. The van der Waals surface area contributed by atoms with E-state index in [2.05, 4.69) is 9.71 Å². The minimum atomic E-state index is -3.90. The fourth-order valence-corrected chi connectivity index (χ4v) is 3.02. The van der Waals surface area contributed by atoms with Gasteiger partial charge >= 0.3 is 0 Å². The molecule has 0 saturated carbocycles. The number of nitrogens with one attached hydrogen (secondary N) is 2. The number of aromatic amines is 1. The third-order valence-corrected chi connectivity index (χ3v) is 4.16. The highest BCUT2D eigenvalue weighted by Crippen LogP contribution is 2.15. The summed E-state index contributed by atoms with van der Waals surface area (Å²) in [5, 5.41) is 0. The first-order valence-corrected chi connectivity index (χ1v) is 7.80. The predicted molar refractivity (Wildman–Crippen MR) is 81.7 cm³/mol. The highest BCUT2D eigenvalue weighted by atomic mass is 32.2. The van der Waals surface area contributed by atoms with Crippen LogP contribution in [0.25, 0.3) is 0 Å². The summed E-state index contributed by atoms with van der Waals surface area (Å²) in [5.74, 6) is 0. The summed E-state index contributed by atoms with van der Waals surface area (Å²) < 4.78 is 26.9. The molecule has 0 aliphatic rings. The van der Waals surface area contributed by atoms with Crippen LogP contribution >= 0.6 is 0 Å². The largest absolute Gasteiger partial charge is 0.366 e. The monoisotopic (exact) mass is 307 g/mol. The van der Waals surface area contributed by atoms with Crippen LogP contribution in [-0.4, -0.2) is 32.4 Å². The molecule has 0 unspecified atom stereocenters. The van der Waals surface area contributed by atoms with Crippen molar-refractivity contribution < 1.29 is 8.42 Å². The maximum Gasteiger partial charge on any atom is 0.267 e. The van der Waals surface area contributed by atoms with Gasteiger partial charge in [-0.2, -0.15) is 0 Å². The van der Waals surface area contributed by atoms with E-state index in [1.165, 1.54) is 18.5 Å². The molecule has 6 nitrogen and oxygen atoms in total. The SMILES string of the molecule is CN(C)Cc1cccc(NS(=O)(=O)c2c[nH]ccc2=O)c1. The van der Waals surface area contributed by atoms with Gasteiger partial charge in [-0.1, -0.05) is 12.1 Å². The molecule has 2 rings (SSSR count). The second-order valence-corrected chi connectivity index (χ2v) is 6.57. The molecule has 0 bridgehead atoms. The van der Waals surface area contributed by atoms with Crippen molar-refractivity contribution in [3.63, 3.8) is 0 Å². The van der Waals surface area contributed by atoms with Crippen LogP contribution in [0.2, 0.25) is 0 Å². The van der Waals surface area contributed by atoms with Crippen molar-refractivity contribution >= 4 is 15.7 Å². The zero-order valence-electron chi connectivity index (χ0n) is 11.8. The Kier molecular flexibility index (Phi) is 4.44. The molecule has 112 valence electrons. The van der Waals surface area contributed by atoms with E-state index in [-0.39, 0.29) is 4.90 Å². The van der Waals surface area contributed by atoms with Crippen LogP contribution in [0.15, 0.2) is 52.4 Å². The lowest BCUT2D eigenvalue weighted by Gasteiger charge is -2.12. The van der Waals surface area contributed by atoms with Crippen LogP contribution in [0.5, 0.6) is 0 Å². The van der Waals surface area contributed by atoms with E-state index in [0.717, 1.165) is 5.56 Å². The highest BCUT2D eigenvalue weighted by molar-refractivity contribution is 7.92. The molecule has 2 aromatic rings. The number of hydrogen-bond donors (Lipinski definition) is 2. The summed E-state index contributed by atoms with van der Waals surface area (Å²) >= 11 is 0. The Labute approximate surface area is 123 Å². The molecule has 0 amide bonds. The molecule has 7 heteroatoms. The fraction of sp³-hybridized carbons (Fsp3) is 0.214. The topological polar surface area (TPSA) is 82.3 Å². The van der Waals surface area contributed by atoms with E-state index < -0.39 is 15.5 Å². The second-order valence-electron chi connectivity index (χ2n) is 4.92. The number of hydrogen-bond acceptors (Lipinski definition) is 4. The first-order chi connectivity index (χ1) is 9.88. The quantitative estimate of drug-likeness (QED) is 0.870. The van der Waals surface area contributed by atoms with Crippen LogP contribution in [0.1, 0.15) is 5.56 Å². The minimum Gasteiger partial charge on any atom is -0.366 e. The molecule has 0 atom stereocenters. The summed E-state index contributed by atoms with van der Waals surface area (Å²) in [6.45, 7) is 0.696. The molecule has 0 saturated heterocycles. The average molecular weight is 307 g/mol. The van der Waals surface area contributed by atoms with Gasteiger partial charge in [-0.15, -0.1) is 0 Å². The lowest BCUT2D eigenvalue weighted by molar-refractivity contribution is 0.402. The molecule has 0 aliphatic heterocycles. The molecule has 0 spiro atoms. The number of anilines is 1. The van der Waals surface area contributed by atoms with Gasteiger partial charge in [0.25, 0.3) is 10.0 Å². The molecular weight excluding hydrogens is 290 g/mol. The molecule has 2 N–H and O–H groups in total. The van der Waals surface area contributed by atoms with E-state index >= 15 is 0 Å². The summed E-state index contributed by atoms with van der Waals surface area (Å²) in [7, 11) is -0.0348. The van der Waals surface area contributed by atoms with E-state index in [1.807, 2.05) is 25.1 Å². The Balaban J connectivity index is 2.29. The molecule has 21 heavy (non-hydrogen) atoms. The summed E-state index contributed by atoms with van der Waals surface area (Å²) in [4.78, 5) is 15.9. The normalized spacial score (nSPS) is 11.6. The van der Waals surface area contributed by atoms with Crippen molar-refractivity contribution in [2.45, 2.75) is 11.4 Å². The van der Waals surface area contributed by atoms with Crippen molar-refractivity contribution in [2.75, 3.05) is 18.8 Å². The third-order valence-electron chi connectivity index (χ3n) is 2.76. The second kappa shape index (κ2) is 6.11. The molecule has 0 radical (unpaired) electrons. The number of pyridine rings is 1. The Bertz CT molecular complexity index is 782. The maximum absolute atomic E-state index is 12.2. The fourth-order valence-electron chi connectivity index (χ4n) is 1.92. The lowest BCUT2D eigenvalue weighted by atomic mass is 10.2. The van der Waals surface area contributed by atoms with Gasteiger partial charge in [-0.25, -0.2) is 8.42 Å². The van der Waals surface area contributed by atoms with Gasteiger partial charge in [-0.3, -0.25) is 9.52 Å². The number of sulfonamides is 1. The predicted octanol–water partition coefficient (Wildman–Crippen LogP) is 1.24. The van der Waals surface area contributed by atoms with Gasteiger partial charge in [0.15, 0.2) is 4.90 Å². The Morgan fingerprint density at radius 1 is 1.24 bits per heavy atom. The number of benzene rings is 1. The van der Waals surface area contributed by atoms with E-state index in [0.29, 0.717) is 12.2 Å². The first kappa shape index (κ1) is 15.3. The standard InChI is InChI=1S/C14H17N3O3S/c1-17(2)10-11-4-3-5-12(8-11)16-21(19,20)14-9-15-7-6-13(14)18/h3-9,16H,10H2,1-2H3,(H,15,18). The zero-order valence-corrected chi connectivity index (χ0v) is 12.6. The van der Waals surface area contributed by atoms with Crippen LogP contribution in [0.3, 0.4) is 0 Å². The van der Waals surface area contributed by atoms with Gasteiger partial charge in [0, 0.05) is 30.7 Å². The molecule has 0 aliphatic carbocycles. The summed E-state index contributed by atoms with van der Waals surface area (Å²) in [6, 6.07) is 8.25. The smallest absolute Gasteiger partial charge is 0.267 e. The van der Waals surface area contributed by atoms with Crippen molar-refractivity contribution in [1.29, 1.82) is 0 Å². The van der Waals surface area contributed by atoms with Crippen LogP contribution in [0.4, 0.5) is 5.69 Å². The Hall–Kier alpha value is -2.12. The molecule has 1 aromatic carbocycles.